The van der Waals surface area contributed by atoms with Crippen molar-refractivity contribution in [1.29, 1.82) is 0 Å². The molecule has 0 spiro atoms. The fraction of sp³-hybridized carbons (Fsp3) is 0.167. The highest BCUT2D eigenvalue weighted by Crippen LogP contribution is 2.30. The molecule has 1 aromatic heterocycles. The van der Waals surface area contributed by atoms with E-state index in [-0.39, 0.29) is 0 Å². The molecule has 0 aliphatic heterocycles. The molecule has 0 fully saturated rings. The maximum atomic E-state index is 6.16. The van der Waals surface area contributed by atoms with Crippen LogP contribution in [0.15, 0.2) is 48.7 Å². The minimum absolute atomic E-state index is 0.362. The monoisotopic (exact) mass is 371 g/mol. The zero-order valence-electron chi connectivity index (χ0n) is 14.4. The first-order valence-electron chi connectivity index (χ1n) is 7.85. The van der Waals surface area contributed by atoms with Crippen molar-refractivity contribution in [2.75, 3.05) is 24.9 Å². The van der Waals surface area contributed by atoms with Gasteiger partial charge in [-0.15, -0.1) is 5.10 Å². The van der Waals surface area contributed by atoms with Crippen LogP contribution in [0.1, 0.15) is 5.56 Å². The normalized spacial score (nSPS) is 10.3. The van der Waals surface area contributed by atoms with Gasteiger partial charge in [0.25, 0.3) is 0 Å². The molecule has 0 aliphatic rings. The summed E-state index contributed by atoms with van der Waals surface area (Å²) in [5.74, 6) is 2.20. The second-order valence-corrected chi connectivity index (χ2v) is 5.71. The molecule has 0 bridgehead atoms. The largest absolute Gasteiger partial charge is 0.493 e. The van der Waals surface area contributed by atoms with Crippen LogP contribution in [0.2, 0.25) is 5.02 Å². The van der Waals surface area contributed by atoms with Gasteiger partial charge >= 0.3 is 0 Å². The van der Waals surface area contributed by atoms with Crippen LogP contribution in [0.5, 0.6) is 11.5 Å². The minimum Gasteiger partial charge on any atom is -0.493 e. The van der Waals surface area contributed by atoms with Gasteiger partial charge in [-0.05, 0) is 23.8 Å². The van der Waals surface area contributed by atoms with E-state index in [9.17, 15) is 0 Å². The van der Waals surface area contributed by atoms with Gasteiger partial charge in [0.15, 0.2) is 17.3 Å². The van der Waals surface area contributed by atoms with Crippen LogP contribution in [0, 0.1) is 0 Å². The van der Waals surface area contributed by atoms with Gasteiger partial charge in [-0.1, -0.05) is 29.8 Å². The van der Waals surface area contributed by atoms with Gasteiger partial charge in [0.05, 0.1) is 20.4 Å². The van der Waals surface area contributed by atoms with E-state index < -0.39 is 0 Å². The van der Waals surface area contributed by atoms with E-state index in [1.54, 1.807) is 32.5 Å². The highest BCUT2D eigenvalue weighted by molar-refractivity contribution is 6.31. The van der Waals surface area contributed by atoms with E-state index in [2.05, 4.69) is 25.8 Å². The summed E-state index contributed by atoms with van der Waals surface area (Å²) in [6.45, 7) is 0.536. The van der Waals surface area contributed by atoms with Gasteiger partial charge in [-0.3, -0.25) is 0 Å². The zero-order chi connectivity index (χ0) is 18.4. The molecule has 3 aromatic rings. The molecule has 0 amide bonds. The smallest absolute Gasteiger partial charge is 0.249 e. The first-order valence-corrected chi connectivity index (χ1v) is 8.23. The lowest BCUT2D eigenvalue weighted by atomic mass is 10.2. The highest BCUT2D eigenvalue weighted by Gasteiger charge is 2.07. The predicted octanol–water partition coefficient (Wildman–Crippen LogP) is 3.90. The first-order chi connectivity index (χ1) is 12.7. The number of hydrogen-bond acceptors (Lipinski definition) is 7. The van der Waals surface area contributed by atoms with Crippen LogP contribution < -0.4 is 20.1 Å². The summed E-state index contributed by atoms with van der Waals surface area (Å²) in [6.07, 6.45) is 1.55. The molecular formula is C18H18ClN5O2. The summed E-state index contributed by atoms with van der Waals surface area (Å²) in [6, 6.07) is 13.1. The Labute approximate surface area is 156 Å². The molecule has 3 rings (SSSR count). The van der Waals surface area contributed by atoms with Crippen LogP contribution in [-0.2, 0) is 6.54 Å². The summed E-state index contributed by atoms with van der Waals surface area (Å²) in [5.41, 5.74) is 1.73. The van der Waals surface area contributed by atoms with Crippen molar-refractivity contribution >= 4 is 29.1 Å². The molecular weight excluding hydrogens is 354 g/mol. The van der Waals surface area contributed by atoms with Gasteiger partial charge in [0, 0.05) is 23.3 Å². The number of methoxy groups -OCH3 is 2. The zero-order valence-corrected chi connectivity index (χ0v) is 15.1. The third kappa shape index (κ3) is 4.31. The Bertz CT molecular complexity index is 891. The summed E-state index contributed by atoms with van der Waals surface area (Å²) in [4.78, 5) is 4.40. The SMILES string of the molecule is COc1ccc(Nc2nncc(NCc3ccccc3Cl)n2)cc1OC. The third-order valence-corrected chi connectivity index (χ3v) is 3.99. The molecule has 0 saturated heterocycles. The summed E-state index contributed by atoms with van der Waals surface area (Å²) < 4.78 is 10.5. The second kappa shape index (κ2) is 8.35. The van der Waals surface area contributed by atoms with Crippen molar-refractivity contribution in [3.8, 4) is 11.5 Å². The quantitative estimate of drug-likeness (QED) is 0.651. The predicted molar refractivity (Wildman–Crippen MR) is 101 cm³/mol. The number of hydrogen-bond donors (Lipinski definition) is 2. The summed E-state index contributed by atoms with van der Waals surface area (Å²) >= 11 is 6.16. The molecule has 7 nitrogen and oxygen atoms in total. The molecule has 0 saturated carbocycles. The fourth-order valence-electron chi connectivity index (χ4n) is 2.31. The number of ether oxygens (including phenoxy) is 2. The van der Waals surface area contributed by atoms with E-state index in [0.717, 1.165) is 11.3 Å². The van der Waals surface area contributed by atoms with Gasteiger partial charge in [-0.25, -0.2) is 0 Å². The average molecular weight is 372 g/mol. The lowest BCUT2D eigenvalue weighted by Crippen LogP contribution is -2.06. The Morgan fingerprint density at radius 2 is 1.85 bits per heavy atom. The molecule has 0 atom stereocenters. The number of halogens is 1. The molecule has 134 valence electrons. The van der Waals surface area contributed by atoms with Crippen LogP contribution in [0.3, 0.4) is 0 Å². The van der Waals surface area contributed by atoms with Crippen LogP contribution in [0.25, 0.3) is 0 Å². The van der Waals surface area contributed by atoms with Crippen LogP contribution in [-0.4, -0.2) is 29.4 Å². The molecule has 1 heterocycles. The van der Waals surface area contributed by atoms with Crippen molar-refractivity contribution in [1.82, 2.24) is 15.2 Å². The number of nitrogens with zero attached hydrogens (tertiary/aromatic N) is 3. The molecule has 0 aliphatic carbocycles. The lowest BCUT2D eigenvalue weighted by molar-refractivity contribution is 0.355. The second-order valence-electron chi connectivity index (χ2n) is 5.30. The summed E-state index contributed by atoms with van der Waals surface area (Å²) in [5, 5.41) is 14.9. The van der Waals surface area contributed by atoms with E-state index in [4.69, 9.17) is 21.1 Å². The average Bonchev–Trinajstić information content (AvgIpc) is 2.67. The van der Waals surface area contributed by atoms with E-state index in [1.165, 1.54) is 0 Å². The van der Waals surface area contributed by atoms with Crippen molar-refractivity contribution in [2.24, 2.45) is 0 Å². The van der Waals surface area contributed by atoms with Crippen LogP contribution >= 0.6 is 11.6 Å². The number of benzene rings is 2. The molecule has 26 heavy (non-hydrogen) atoms. The van der Waals surface area contributed by atoms with E-state index in [0.29, 0.717) is 34.8 Å². The minimum atomic E-state index is 0.362. The Balaban J connectivity index is 1.70. The van der Waals surface area contributed by atoms with Gasteiger partial charge in [-0.2, -0.15) is 10.1 Å². The number of nitrogens with one attached hydrogen (secondary N) is 2. The lowest BCUT2D eigenvalue weighted by Gasteiger charge is -2.11. The number of rotatable bonds is 7. The molecule has 2 N–H and O–H groups in total. The Morgan fingerprint density at radius 1 is 1.04 bits per heavy atom. The van der Waals surface area contributed by atoms with Crippen molar-refractivity contribution in [2.45, 2.75) is 6.54 Å². The maximum Gasteiger partial charge on any atom is 0.249 e. The molecule has 2 aromatic carbocycles. The molecule has 0 unspecified atom stereocenters. The number of aromatic nitrogens is 3. The van der Waals surface area contributed by atoms with Crippen LogP contribution in [0.4, 0.5) is 17.5 Å². The maximum absolute atomic E-state index is 6.16. The van der Waals surface area contributed by atoms with Gasteiger partial charge in [0.2, 0.25) is 5.95 Å². The van der Waals surface area contributed by atoms with Gasteiger partial charge < -0.3 is 20.1 Å². The standard InChI is InChI=1S/C18H18ClN5O2/c1-25-15-8-7-13(9-16(15)26-2)22-18-23-17(11-21-24-18)20-10-12-5-3-4-6-14(12)19/h3-9,11H,10H2,1-2H3,(H2,20,22,23,24). The Hall–Kier alpha value is -3.06. The third-order valence-electron chi connectivity index (χ3n) is 3.62. The topological polar surface area (TPSA) is 81.2 Å². The molecule has 8 heteroatoms. The fourth-order valence-corrected chi connectivity index (χ4v) is 2.51. The number of anilines is 3. The van der Waals surface area contributed by atoms with Crippen molar-refractivity contribution in [3.63, 3.8) is 0 Å². The van der Waals surface area contributed by atoms with Crippen molar-refractivity contribution in [3.05, 3.63) is 59.2 Å². The summed E-state index contributed by atoms with van der Waals surface area (Å²) in [7, 11) is 3.17. The Kier molecular flexibility index (Phi) is 5.70. The Morgan fingerprint density at radius 3 is 2.62 bits per heavy atom. The van der Waals surface area contributed by atoms with E-state index >= 15 is 0 Å². The molecule has 0 radical (unpaired) electrons. The highest BCUT2D eigenvalue weighted by atomic mass is 35.5. The van der Waals surface area contributed by atoms with Gasteiger partial charge in [0.1, 0.15) is 0 Å². The van der Waals surface area contributed by atoms with E-state index in [1.807, 2.05) is 30.3 Å². The first kappa shape index (κ1) is 17.8. The van der Waals surface area contributed by atoms with Crippen molar-refractivity contribution < 1.29 is 9.47 Å².